The summed E-state index contributed by atoms with van der Waals surface area (Å²) in [5, 5.41) is 9.00. The highest BCUT2D eigenvalue weighted by atomic mass is 19.1. The molecule has 0 atom stereocenters. The van der Waals surface area contributed by atoms with Gasteiger partial charge in [0.25, 0.3) is 0 Å². The molecule has 0 spiro atoms. The van der Waals surface area contributed by atoms with Crippen LogP contribution in [-0.2, 0) is 13.2 Å². The van der Waals surface area contributed by atoms with E-state index >= 15 is 0 Å². The molecule has 0 heterocycles. The molecule has 0 aliphatic rings. The summed E-state index contributed by atoms with van der Waals surface area (Å²) >= 11 is 0. The summed E-state index contributed by atoms with van der Waals surface area (Å²) in [5.74, 6) is 0.718. The molecule has 0 saturated carbocycles. The van der Waals surface area contributed by atoms with Crippen LogP contribution in [0, 0.1) is 5.82 Å². The topological polar surface area (TPSA) is 38.7 Å². The van der Waals surface area contributed by atoms with Gasteiger partial charge in [-0.05, 0) is 35.4 Å². The van der Waals surface area contributed by atoms with Crippen molar-refractivity contribution in [3.05, 3.63) is 59.4 Å². The van der Waals surface area contributed by atoms with Gasteiger partial charge in [-0.2, -0.15) is 0 Å². The summed E-state index contributed by atoms with van der Waals surface area (Å²) in [7, 11) is 1.60. The van der Waals surface area contributed by atoms with Gasteiger partial charge in [0, 0.05) is 6.07 Å². The van der Waals surface area contributed by atoms with Gasteiger partial charge in [0.2, 0.25) is 0 Å². The minimum absolute atomic E-state index is 0.215. The molecule has 0 saturated heterocycles. The highest BCUT2D eigenvalue weighted by Crippen LogP contribution is 2.19. The van der Waals surface area contributed by atoms with E-state index < -0.39 is 5.82 Å². The number of methoxy groups -OCH3 is 1. The third-order valence-corrected chi connectivity index (χ3v) is 2.65. The van der Waals surface area contributed by atoms with Gasteiger partial charge in [0.15, 0.2) is 0 Å². The van der Waals surface area contributed by atoms with Crippen molar-refractivity contribution in [3.8, 4) is 11.5 Å². The lowest BCUT2D eigenvalue weighted by atomic mass is 10.2. The fourth-order valence-electron chi connectivity index (χ4n) is 1.72. The minimum Gasteiger partial charge on any atom is -0.497 e. The lowest BCUT2D eigenvalue weighted by molar-refractivity contribution is 0.276. The first-order chi connectivity index (χ1) is 9.21. The van der Waals surface area contributed by atoms with Crippen LogP contribution in [0.3, 0.4) is 0 Å². The van der Waals surface area contributed by atoms with Gasteiger partial charge < -0.3 is 14.6 Å². The molecule has 0 aliphatic carbocycles. The smallest absolute Gasteiger partial charge is 0.127 e. The van der Waals surface area contributed by atoms with Gasteiger partial charge in [0.05, 0.1) is 13.7 Å². The van der Waals surface area contributed by atoms with Gasteiger partial charge in [0.1, 0.15) is 23.9 Å². The van der Waals surface area contributed by atoms with E-state index in [1.54, 1.807) is 13.2 Å². The first-order valence-corrected chi connectivity index (χ1v) is 5.87. The van der Waals surface area contributed by atoms with Crippen molar-refractivity contribution in [2.24, 2.45) is 0 Å². The molecule has 2 aromatic rings. The monoisotopic (exact) mass is 262 g/mol. The average molecular weight is 262 g/mol. The second-order valence-electron chi connectivity index (χ2n) is 4.09. The zero-order chi connectivity index (χ0) is 13.7. The summed E-state index contributed by atoms with van der Waals surface area (Å²) in [6.45, 7) is 0.0960. The van der Waals surface area contributed by atoms with Crippen LogP contribution in [0.5, 0.6) is 11.5 Å². The highest BCUT2D eigenvalue weighted by molar-refractivity contribution is 5.31. The van der Waals surface area contributed by atoms with Crippen molar-refractivity contribution in [1.29, 1.82) is 0 Å². The first kappa shape index (κ1) is 13.4. The molecule has 100 valence electrons. The second kappa shape index (κ2) is 6.20. The van der Waals surface area contributed by atoms with Crippen molar-refractivity contribution < 1.29 is 19.0 Å². The second-order valence-corrected chi connectivity index (χ2v) is 4.09. The maximum absolute atomic E-state index is 13.2. The molecule has 0 unspecified atom stereocenters. The largest absolute Gasteiger partial charge is 0.497 e. The maximum atomic E-state index is 13.2. The molecule has 19 heavy (non-hydrogen) atoms. The predicted octanol–water partition coefficient (Wildman–Crippen LogP) is 2.91. The molecule has 0 aromatic heterocycles. The molecular formula is C15H15FO3. The Morgan fingerprint density at radius 1 is 1.05 bits per heavy atom. The van der Waals surface area contributed by atoms with Crippen molar-refractivity contribution >= 4 is 0 Å². The Labute approximate surface area is 111 Å². The van der Waals surface area contributed by atoms with E-state index in [0.29, 0.717) is 17.9 Å². The molecule has 0 radical (unpaired) electrons. The molecular weight excluding hydrogens is 247 g/mol. The zero-order valence-electron chi connectivity index (χ0n) is 10.6. The molecule has 2 aromatic carbocycles. The number of hydrogen-bond acceptors (Lipinski definition) is 3. The molecule has 3 nitrogen and oxygen atoms in total. The molecule has 4 heteroatoms. The Morgan fingerprint density at radius 2 is 1.84 bits per heavy atom. The number of ether oxygens (including phenoxy) is 2. The van der Waals surface area contributed by atoms with E-state index in [9.17, 15) is 4.39 Å². The van der Waals surface area contributed by atoms with Crippen molar-refractivity contribution in [2.45, 2.75) is 13.2 Å². The van der Waals surface area contributed by atoms with E-state index in [4.69, 9.17) is 14.6 Å². The van der Waals surface area contributed by atoms with E-state index in [0.717, 1.165) is 11.3 Å². The van der Waals surface area contributed by atoms with Gasteiger partial charge >= 0.3 is 0 Å². The highest BCUT2D eigenvalue weighted by Gasteiger charge is 2.02. The Bertz CT molecular complexity index is 555. The van der Waals surface area contributed by atoms with E-state index in [1.165, 1.54) is 12.1 Å². The normalized spacial score (nSPS) is 10.3. The van der Waals surface area contributed by atoms with Crippen molar-refractivity contribution in [2.75, 3.05) is 7.11 Å². The van der Waals surface area contributed by atoms with Gasteiger partial charge in [-0.1, -0.05) is 12.1 Å². The summed E-state index contributed by atoms with van der Waals surface area (Å²) in [5.41, 5.74) is 1.41. The summed E-state index contributed by atoms with van der Waals surface area (Å²) < 4.78 is 23.9. The van der Waals surface area contributed by atoms with Crippen LogP contribution < -0.4 is 9.47 Å². The van der Waals surface area contributed by atoms with Crippen LogP contribution in [0.2, 0.25) is 0 Å². The Balaban J connectivity index is 2.07. The number of aliphatic hydroxyl groups excluding tert-OH is 1. The minimum atomic E-state index is -0.424. The third-order valence-electron chi connectivity index (χ3n) is 2.65. The predicted molar refractivity (Wildman–Crippen MR) is 69.6 cm³/mol. The Hall–Kier alpha value is -2.07. The van der Waals surface area contributed by atoms with E-state index in [-0.39, 0.29) is 6.61 Å². The summed E-state index contributed by atoms with van der Waals surface area (Å²) in [6, 6.07) is 11.6. The molecule has 0 bridgehead atoms. The number of rotatable bonds is 5. The SMILES string of the molecule is COc1cccc(COc2cc(F)cc(CO)c2)c1. The lowest BCUT2D eigenvalue weighted by Crippen LogP contribution is -1.97. The van der Waals surface area contributed by atoms with Crippen molar-refractivity contribution in [3.63, 3.8) is 0 Å². The number of aliphatic hydroxyl groups is 1. The molecule has 1 N–H and O–H groups in total. The molecule has 0 aliphatic heterocycles. The third kappa shape index (κ3) is 3.69. The van der Waals surface area contributed by atoms with Gasteiger partial charge in [-0.25, -0.2) is 4.39 Å². The van der Waals surface area contributed by atoms with Crippen LogP contribution in [0.1, 0.15) is 11.1 Å². The zero-order valence-corrected chi connectivity index (χ0v) is 10.6. The fraction of sp³-hybridized carbons (Fsp3) is 0.200. The number of hydrogen-bond donors (Lipinski definition) is 1. The van der Waals surface area contributed by atoms with Crippen LogP contribution in [-0.4, -0.2) is 12.2 Å². The van der Waals surface area contributed by atoms with Crippen LogP contribution >= 0.6 is 0 Å². The summed E-state index contributed by atoms with van der Waals surface area (Å²) in [6.07, 6.45) is 0. The molecule has 2 rings (SSSR count). The van der Waals surface area contributed by atoms with Crippen LogP contribution in [0.4, 0.5) is 4.39 Å². The summed E-state index contributed by atoms with van der Waals surface area (Å²) in [4.78, 5) is 0. The number of halogens is 1. The first-order valence-electron chi connectivity index (χ1n) is 5.87. The van der Waals surface area contributed by atoms with E-state index in [2.05, 4.69) is 0 Å². The van der Waals surface area contributed by atoms with Crippen LogP contribution in [0.25, 0.3) is 0 Å². The average Bonchev–Trinajstić information content (AvgIpc) is 2.44. The van der Waals surface area contributed by atoms with Gasteiger partial charge in [-0.15, -0.1) is 0 Å². The molecule has 0 amide bonds. The number of benzene rings is 2. The van der Waals surface area contributed by atoms with Crippen molar-refractivity contribution in [1.82, 2.24) is 0 Å². The Kier molecular flexibility index (Phi) is 4.36. The van der Waals surface area contributed by atoms with E-state index in [1.807, 2.05) is 24.3 Å². The maximum Gasteiger partial charge on any atom is 0.127 e. The molecule has 0 fully saturated rings. The van der Waals surface area contributed by atoms with Crippen LogP contribution in [0.15, 0.2) is 42.5 Å². The quantitative estimate of drug-likeness (QED) is 0.900. The fourth-order valence-corrected chi connectivity index (χ4v) is 1.72. The standard InChI is InChI=1S/C15H15FO3/c1-18-14-4-2-3-11(6-14)10-19-15-7-12(9-17)5-13(16)8-15/h2-8,17H,9-10H2,1H3. The Morgan fingerprint density at radius 3 is 2.58 bits per heavy atom. The lowest BCUT2D eigenvalue weighted by Gasteiger charge is -2.09. The van der Waals surface area contributed by atoms with Gasteiger partial charge in [-0.3, -0.25) is 0 Å².